The Kier molecular flexibility index (Phi) is 5.42. The van der Waals surface area contributed by atoms with Crippen LogP contribution in [0.2, 0.25) is 0 Å². The molecular weight excluding hydrogens is 294 g/mol. The number of carboxylic acids is 1. The maximum absolute atomic E-state index is 12.4. The van der Waals surface area contributed by atoms with Crippen LogP contribution in [0.3, 0.4) is 0 Å². The Morgan fingerprint density at radius 3 is 2.43 bits per heavy atom. The summed E-state index contributed by atoms with van der Waals surface area (Å²) in [6.07, 6.45) is 2.52. The number of hydrogen-bond acceptors (Lipinski definition) is 3. The SMILES string of the molecule is COC(C)(C)C(=O)N1CCC(Cc2ccccc2C(=O)O)CC1. The van der Waals surface area contributed by atoms with E-state index in [1.54, 1.807) is 33.1 Å². The molecular formula is C18H25NO4. The second-order valence-corrected chi connectivity index (χ2v) is 6.62. The lowest BCUT2D eigenvalue weighted by atomic mass is 9.88. The average molecular weight is 319 g/mol. The number of benzene rings is 1. The number of carbonyl (C=O) groups excluding carboxylic acids is 1. The monoisotopic (exact) mass is 319 g/mol. The van der Waals surface area contributed by atoms with Crippen molar-refractivity contribution in [1.82, 2.24) is 4.90 Å². The molecule has 1 aromatic carbocycles. The van der Waals surface area contributed by atoms with Crippen LogP contribution in [0, 0.1) is 5.92 Å². The Hall–Kier alpha value is -1.88. The minimum atomic E-state index is -0.880. The van der Waals surface area contributed by atoms with Crippen molar-refractivity contribution in [3.63, 3.8) is 0 Å². The summed E-state index contributed by atoms with van der Waals surface area (Å²) in [4.78, 5) is 25.5. The van der Waals surface area contributed by atoms with Crippen LogP contribution in [0.15, 0.2) is 24.3 Å². The summed E-state index contributed by atoms with van der Waals surface area (Å²) in [6, 6.07) is 7.16. The van der Waals surface area contributed by atoms with Gasteiger partial charge < -0.3 is 14.7 Å². The molecule has 2 rings (SSSR count). The third-order valence-electron chi connectivity index (χ3n) is 4.68. The molecule has 0 aromatic heterocycles. The smallest absolute Gasteiger partial charge is 0.335 e. The quantitative estimate of drug-likeness (QED) is 0.906. The van der Waals surface area contributed by atoms with Gasteiger partial charge in [0.05, 0.1) is 5.56 Å². The van der Waals surface area contributed by atoms with Gasteiger partial charge in [-0.15, -0.1) is 0 Å². The van der Waals surface area contributed by atoms with Crippen LogP contribution in [-0.2, 0) is 16.0 Å². The first-order chi connectivity index (χ1) is 10.8. The number of likely N-dealkylation sites (tertiary alicyclic amines) is 1. The first-order valence-electron chi connectivity index (χ1n) is 8.01. The molecule has 0 saturated carbocycles. The second kappa shape index (κ2) is 7.13. The zero-order valence-corrected chi connectivity index (χ0v) is 14.0. The molecule has 1 heterocycles. The molecule has 1 aliphatic rings. The Balaban J connectivity index is 1.96. The van der Waals surface area contributed by atoms with E-state index < -0.39 is 11.6 Å². The summed E-state index contributed by atoms with van der Waals surface area (Å²) in [5, 5.41) is 9.26. The van der Waals surface area contributed by atoms with Gasteiger partial charge in [-0.05, 0) is 50.7 Å². The van der Waals surface area contributed by atoms with E-state index in [-0.39, 0.29) is 5.91 Å². The van der Waals surface area contributed by atoms with Gasteiger partial charge in [0.25, 0.3) is 5.91 Å². The molecule has 1 aliphatic heterocycles. The lowest BCUT2D eigenvalue weighted by Crippen LogP contribution is -2.49. The van der Waals surface area contributed by atoms with Crippen LogP contribution in [-0.4, -0.2) is 47.7 Å². The predicted octanol–water partition coefficient (Wildman–Crippen LogP) is 2.59. The van der Waals surface area contributed by atoms with E-state index in [1.807, 2.05) is 17.0 Å². The van der Waals surface area contributed by atoms with Gasteiger partial charge in [-0.1, -0.05) is 18.2 Å². The molecule has 0 unspecified atom stereocenters. The van der Waals surface area contributed by atoms with Gasteiger partial charge in [-0.25, -0.2) is 4.79 Å². The number of piperidine rings is 1. The molecule has 126 valence electrons. The minimum Gasteiger partial charge on any atom is -0.478 e. The summed E-state index contributed by atoms with van der Waals surface area (Å²) in [6.45, 7) is 4.96. The number of rotatable bonds is 5. The number of ether oxygens (including phenoxy) is 1. The van der Waals surface area contributed by atoms with Crippen molar-refractivity contribution in [3.05, 3.63) is 35.4 Å². The third kappa shape index (κ3) is 4.10. The Bertz CT molecular complexity index is 574. The van der Waals surface area contributed by atoms with Gasteiger partial charge >= 0.3 is 5.97 Å². The second-order valence-electron chi connectivity index (χ2n) is 6.62. The average Bonchev–Trinajstić information content (AvgIpc) is 2.55. The van der Waals surface area contributed by atoms with E-state index >= 15 is 0 Å². The zero-order chi connectivity index (χ0) is 17.0. The van der Waals surface area contributed by atoms with Crippen molar-refractivity contribution < 1.29 is 19.4 Å². The van der Waals surface area contributed by atoms with E-state index in [4.69, 9.17) is 4.74 Å². The van der Waals surface area contributed by atoms with E-state index in [0.29, 0.717) is 24.6 Å². The van der Waals surface area contributed by atoms with Gasteiger partial charge in [0.15, 0.2) is 0 Å². The van der Waals surface area contributed by atoms with Gasteiger partial charge in [0, 0.05) is 20.2 Å². The molecule has 23 heavy (non-hydrogen) atoms. The van der Waals surface area contributed by atoms with E-state index in [0.717, 1.165) is 24.8 Å². The molecule has 5 heteroatoms. The summed E-state index contributed by atoms with van der Waals surface area (Å²) >= 11 is 0. The van der Waals surface area contributed by atoms with Crippen LogP contribution in [0.5, 0.6) is 0 Å². The molecule has 0 spiro atoms. The van der Waals surface area contributed by atoms with Crippen molar-refractivity contribution in [2.45, 2.75) is 38.7 Å². The molecule has 0 atom stereocenters. The van der Waals surface area contributed by atoms with E-state index in [2.05, 4.69) is 0 Å². The minimum absolute atomic E-state index is 0.0180. The Morgan fingerprint density at radius 1 is 1.26 bits per heavy atom. The van der Waals surface area contributed by atoms with Crippen LogP contribution in [0.25, 0.3) is 0 Å². The number of nitrogens with zero attached hydrogens (tertiary/aromatic N) is 1. The zero-order valence-electron chi connectivity index (χ0n) is 14.0. The van der Waals surface area contributed by atoms with Gasteiger partial charge in [0.1, 0.15) is 5.60 Å². The largest absolute Gasteiger partial charge is 0.478 e. The third-order valence-corrected chi connectivity index (χ3v) is 4.68. The number of methoxy groups -OCH3 is 1. The Labute approximate surface area is 137 Å². The number of carbonyl (C=O) groups is 2. The highest BCUT2D eigenvalue weighted by Gasteiger charge is 2.34. The van der Waals surface area contributed by atoms with Crippen molar-refractivity contribution >= 4 is 11.9 Å². The maximum Gasteiger partial charge on any atom is 0.335 e. The summed E-state index contributed by atoms with van der Waals surface area (Å²) in [7, 11) is 1.55. The Morgan fingerprint density at radius 2 is 1.87 bits per heavy atom. The normalized spacial score (nSPS) is 16.4. The molecule has 1 aromatic rings. The first-order valence-corrected chi connectivity index (χ1v) is 8.01. The molecule has 1 amide bonds. The van der Waals surface area contributed by atoms with Crippen molar-refractivity contribution in [1.29, 1.82) is 0 Å². The van der Waals surface area contributed by atoms with Crippen molar-refractivity contribution in [2.24, 2.45) is 5.92 Å². The fourth-order valence-electron chi connectivity index (χ4n) is 3.03. The molecule has 0 aliphatic carbocycles. The standard InChI is InChI=1S/C18H25NO4/c1-18(2,23-3)17(22)19-10-8-13(9-11-19)12-14-6-4-5-7-15(14)16(20)21/h4-7,13H,8-12H2,1-3H3,(H,20,21). The molecule has 1 fully saturated rings. The highest BCUT2D eigenvalue weighted by atomic mass is 16.5. The molecule has 0 radical (unpaired) electrons. The topological polar surface area (TPSA) is 66.8 Å². The summed E-state index contributed by atoms with van der Waals surface area (Å²) in [5.41, 5.74) is 0.469. The predicted molar refractivity (Wildman–Crippen MR) is 87.5 cm³/mol. The molecule has 1 saturated heterocycles. The molecule has 0 bridgehead atoms. The highest BCUT2D eigenvalue weighted by molar-refractivity contribution is 5.89. The van der Waals surface area contributed by atoms with Gasteiger partial charge in [-0.2, -0.15) is 0 Å². The first kappa shape index (κ1) is 17.5. The van der Waals surface area contributed by atoms with Gasteiger partial charge in [-0.3, -0.25) is 4.79 Å². The lowest BCUT2D eigenvalue weighted by molar-refractivity contribution is -0.152. The van der Waals surface area contributed by atoms with Crippen molar-refractivity contribution in [3.8, 4) is 0 Å². The number of hydrogen-bond donors (Lipinski definition) is 1. The summed E-state index contributed by atoms with van der Waals surface area (Å²) in [5.74, 6) is -0.454. The molecule has 1 N–H and O–H groups in total. The van der Waals surface area contributed by atoms with Gasteiger partial charge in [0.2, 0.25) is 0 Å². The fraction of sp³-hybridized carbons (Fsp3) is 0.556. The molecule has 5 nitrogen and oxygen atoms in total. The van der Waals surface area contributed by atoms with Crippen LogP contribution < -0.4 is 0 Å². The van der Waals surface area contributed by atoms with E-state index in [1.165, 1.54) is 0 Å². The fourth-order valence-corrected chi connectivity index (χ4v) is 3.03. The van der Waals surface area contributed by atoms with Crippen molar-refractivity contribution in [2.75, 3.05) is 20.2 Å². The summed E-state index contributed by atoms with van der Waals surface area (Å²) < 4.78 is 5.26. The highest BCUT2D eigenvalue weighted by Crippen LogP contribution is 2.25. The van der Waals surface area contributed by atoms with Crippen LogP contribution in [0.4, 0.5) is 0 Å². The maximum atomic E-state index is 12.4. The lowest BCUT2D eigenvalue weighted by Gasteiger charge is -2.36. The number of carboxylic acid groups (broad SMARTS) is 1. The van der Waals surface area contributed by atoms with Crippen LogP contribution >= 0.6 is 0 Å². The van der Waals surface area contributed by atoms with E-state index in [9.17, 15) is 14.7 Å². The number of aromatic carboxylic acids is 1. The van der Waals surface area contributed by atoms with Crippen LogP contribution in [0.1, 0.15) is 42.6 Å². The number of amides is 1.